The van der Waals surface area contributed by atoms with Gasteiger partial charge in [0, 0.05) is 5.56 Å². The molecule has 0 spiro atoms. The Morgan fingerprint density at radius 2 is 1.76 bits per heavy atom. The van der Waals surface area contributed by atoms with Crippen molar-refractivity contribution in [3.05, 3.63) is 71.3 Å². The van der Waals surface area contributed by atoms with Gasteiger partial charge in [-0.1, -0.05) is 49.4 Å². The third-order valence-electron chi connectivity index (χ3n) is 4.90. The quantitative estimate of drug-likeness (QED) is 0.705. The first kappa shape index (κ1) is 20.5. The summed E-state index contributed by atoms with van der Waals surface area (Å²) in [6, 6.07) is 15.2. The molecule has 2 aromatic rings. The van der Waals surface area contributed by atoms with Crippen molar-refractivity contribution in [2.75, 3.05) is 0 Å². The molecule has 0 bridgehead atoms. The predicted octanol–water partition coefficient (Wildman–Crippen LogP) is 3.11. The van der Waals surface area contributed by atoms with E-state index in [1.165, 1.54) is 0 Å². The first-order chi connectivity index (χ1) is 13.9. The van der Waals surface area contributed by atoms with Crippen LogP contribution in [-0.4, -0.2) is 29.0 Å². The molecule has 4 amide bonds. The van der Waals surface area contributed by atoms with E-state index in [9.17, 15) is 14.4 Å². The summed E-state index contributed by atoms with van der Waals surface area (Å²) in [4.78, 5) is 38.1. The fourth-order valence-corrected chi connectivity index (χ4v) is 3.22. The van der Waals surface area contributed by atoms with Crippen LogP contribution in [-0.2, 0) is 21.7 Å². The van der Waals surface area contributed by atoms with Gasteiger partial charge in [-0.15, -0.1) is 0 Å². The highest BCUT2D eigenvalue weighted by atomic mass is 16.5. The van der Waals surface area contributed by atoms with E-state index in [4.69, 9.17) is 4.74 Å². The summed E-state index contributed by atoms with van der Waals surface area (Å²) in [7, 11) is 0. The molecule has 1 fully saturated rings. The van der Waals surface area contributed by atoms with Gasteiger partial charge in [-0.25, -0.2) is 4.79 Å². The second kappa shape index (κ2) is 8.45. The molecule has 7 heteroatoms. The van der Waals surface area contributed by atoms with Crippen LogP contribution in [0.4, 0.5) is 4.79 Å². The monoisotopic (exact) mass is 395 g/mol. The van der Waals surface area contributed by atoms with E-state index in [-0.39, 0.29) is 6.10 Å². The SMILES string of the molecule is CC[C@@]1(c2ccccc2)NC(=O)N(NC(=O)c2ccc(COC(C)C)cc2)C1=O. The van der Waals surface area contributed by atoms with Crippen LogP contribution in [0.2, 0.25) is 0 Å². The summed E-state index contributed by atoms with van der Waals surface area (Å²) in [5.41, 5.74) is 3.18. The van der Waals surface area contributed by atoms with Crippen LogP contribution in [0.15, 0.2) is 54.6 Å². The second-order valence-corrected chi connectivity index (χ2v) is 7.19. The van der Waals surface area contributed by atoms with Gasteiger partial charge in [0.05, 0.1) is 12.7 Å². The zero-order chi connectivity index (χ0) is 21.0. The first-order valence-corrected chi connectivity index (χ1v) is 9.61. The molecule has 2 N–H and O–H groups in total. The number of benzene rings is 2. The first-order valence-electron chi connectivity index (χ1n) is 9.61. The van der Waals surface area contributed by atoms with E-state index < -0.39 is 23.4 Å². The highest BCUT2D eigenvalue weighted by molar-refractivity contribution is 6.09. The lowest BCUT2D eigenvalue weighted by molar-refractivity contribution is -0.133. The van der Waals surface area contributed by atoms with E-state index in [0.29, 0.717) is 24.2 Å². The number of imide groups is 1. The summed E-state index contributed by atoms with van der Waals surface area (Å²) in [5, 5.41) is 3.49. The summed E-state index contributed by atoms with van der Waals surface area (Å²) in [6.45, 7) is 6.16. The number of carbonyl (C=O) groups excluding carboxylic acids is 3. The summed E-state index contributed by atoms with van der Waals surface area (Å²) in [6.07, 6.45) is 0.472. The van der Waals surface area contributed by atoms with Gasteiger partial charge in [0.1, 0.15) is 5.54 Å². The molecule has 1 heterocycles. The molecule has 2 aromatic carbocycles. The molecule has 29 heavy (non-hydrogen) atoms. The third-order valence-corrected chi connectivity index (χ3v) is 4.90. The van der Waals surface area contributed by atoms with E-state index in [0.717, 1.165) is 10.6 Å². The highest BCUT2D eigenvalue weighted by Gasteiger charge is 2.52. The number of amides is 4. The van der Waals surface area contributed by atoms with Crippen molar-refractivity contribution in [1.29, 1.82) is 0 Å². The van der Waals surface area contributed by atoms with Crippen molar-refractivity contribution < 1.29 is 19.1 Å². The van der Waals surface area contributed by atoms with Crippen molar-refractivity contribution >= 4 is 17.8 Å². The Morgan fingerprint density at radius 1 is 1.10 bits per heavy atom. The fourth-order valence-electron chi connectivity index (χ4n) is 3.22. The number of nitrogens with one attached hydrogen (secondary N) is 2. The zero-order valence-electron chi connectivity index (χ0n) is 16.8. The maximum Gasteiger partial charge on any atom is 0.344 e. The maximum atomic E-state index is 13.1. The molecule has 0 saturated carbocycles. The van der Waals surface area contributed by atoms with Crippen LogP contribution in [0.1, 0.15) is 48.7 Å². The van der Waals surface area contributed by atoms with Crippen molar-refractivity contribution in [3.63, 3.8) is 0 Å². The van der Waals surface area contributed by atoms with Crippen LogP contribution < -0.4 is 10.7 Å². The van der Waals surface area contributed by atoms with Crippen LogP contribution in [0, 0.1) is 0 Å². The van der Waals surface area contributed by atoms with Gasteiger partial charge in [0.25, 0.3) is 11.8 Å². The average molecular weight is 395 g/mol. The van der Waals surface area contributed by atoms with Gasteiger partial charge in [0.15, 0.2) is 0 Å². The molecule has 1 aliphatic rings. The minimum Gasteiger partial charge on any atom is -0.374 e. The second-order valence-electron chi connectivity index (χ2n) is 7.19. The molecule has 0 radical (unpaired) electrons. The Balaban J connectivity index is 1.74. The van der Waals surface area contributed by atoms with Crippen molar-refractivity contribution in [3.8, 4) is 0 Å². The molecule has 1 aliphatic heterocycles. The summed E-state index contributed by atoms with van der Waals surface area (Å²) >= 11 is 0. The molecular weight excluding hydrogens is 370 g/mol. The fraction of sp³-hybridized carbons (Fsp3) is 0.318. The molecule has 0 aromatic heterocycles. The van der Waals surface area contributed by atoms with Crippen LogP contribution in [0.3, 0.4) is 0 Å². The number of rotatable bonds is 7. The Labute approximate surface area is 170 Å². The van der Waals surface area contributed by atoms with Gasteiger partial charge >= 0.3 is 6.03 Å². The van der Waals surface area contributed by atoms with Crippen LogP contribution >= 0.6 is 0 Å². The van der Waals surface area contributed by atoms with E-state index in [1.807, 2.05) is 26.8 Å². The summed E-state index contributed by atoms with van der Waals surface area (Å²) in [5.74, 6) is -1.05. The Kier molecular flexibility index (Phi) is 5.98. The standard InChI is InChI=1S/C22H25N3O4/c1-4-22(18-8-6-5-7-9-18)20(27)25(21(28)23-22)24-19(26)17-12-10-16(11-13-17)14-29-15(2)3/h5-13,15H,4,14H2,1-3H3,(H,23,28)(H,24,26)/t22-/m0/s1. The minimum absolute atomic E-state index is 0.112. The van der Waals surface area contributed by atoms with Gasteiger partial charge in [0.2, 0.25) is 0 Å². The maximum absolute atomic E-state index is 13.1. The Hall–Kier alpha value is -3.19. The van der Waals surface area contributed by atoms with Crippen molar-refractivity contribution in [2.45, 2.75) is 45.4 Å². The molecule has 7 nitrogen and oxygen atoms in total. The van der Waals surface area contributed by atoms with Crippen molar-refractivity contribution in [2.24, 2.45) is 0 Å². The largest absolute Gasteiger partial charge is 0.374 e. The predicted molar refractivity (Wildman–Crippen MR) is 108 cm³/mol. The number of urea groups is 1. The van der Waals surface area contributed by atoms with Gasteiger partial charge in [-0.05, 0) is 43.5 Å². The van der Waals surface area contributed by atoms with E-state index in [1.54, 1.807) is 48.5 Å². The topological polar surface area (TPSA) is 87.7 Å². The van der Waals surface area contributed by atoms with Gasteiger partial charge < -0.3 is 10.1 Å². The molecular formula is C22H25N3O4. The molecule has 0 aliphatic carbocycles. The average Bonchev–Trinajstić information content (AvgIpc) is 2.98. The number of ether oxygens (including phenoxy) is 1. The van der Waals surface area contributed by atoms with Crippen molar-refractivity contribution in [1.82, 2.24) is 15.8 Å². The van der Waals surface area contributed by atoms with Crippen LogP contribution in [0.5, 0.6) is 0 Å². The number of hydrogen-bond donors (Lipinski definition) is 2. The van der Waals surface area contributed by atoms with E-state index >= 15 is 0 Å². The van der Waals surface area contributed by atoms with Gasteiger partial charge in [-0.3, -0.25) is 15.0 Å². The molecule has 1 atom stereocenters. The number of hydrazine groups is 1. The zero-order valence-corrected chi connectivity index (χ0v) is 16.8. The normalized spacial score (nSPS) is 18.8. The lowest BCUT2D eigenvalue weighted by Crippen LogP contribution is -2.48. The molecule has 1 saturated heterocycles. The Morgan fingerprint density at radius 3 is 2.34 bits per heavy atom. The minimum atomic E-state index is -1.19. The number of hydrogen-bond acceptors (Lipinski definition) is 4. The van der Waals surface area contributed by atoms with Gasteiger partial charge in [-0.2, -0.15) is 5.01 Å². The summed E-state index contributed by atoms with van der Waals surface area (Å²) < 4.78 is 5.53. The van der Waals surface area contributed by atoms with E-state index in [2.05, 4.69) is 10.7 Å². The Bertz CT molecular complexity index is 896. The van der Waals surface area contributed by atoms with Crippen LogP contribution in [0.25, 0.3) is 0 Å². The smallest absolute Gasteiger partial charge is 0.344 e. The third kappa shape index (κ3) is 4.14. The number of nitrogens with zero attached hydrogens (tertiary/aromatic N) is 1. The highest BCUT2D eigenvalue weighted by Crippen LogP contribution is 2.31. The molecule has 0 unspecified atom stereocenters. The molecule has 152 valence electrons. The lowest BCUT2D eigenvalue weighted by Gasteiger charge is -2.25. The molecule has 3 rings (SSSR count). The number of carbonyl (C=O) groups is 3. The lowest BCUT2D eigenvalue weighted by atomic mass is 9.87.